The van der Waals surface area contributed by atoms with Crippen molar-refractivity contribution in [3.63, 3.8) is 0 Å². The predicted molar refractivity (Wildman–Crippen MR) is 73.1 cm³/mol. The fourth-order valence-electron chi connectivity index (χ4n) is 2.39. The van der Waals surface area contributed by atoms with Gasteiger partial charge >= 0.3 is 0 Å². The first-order valence-corrected chi connectivity index (χ1v) is 7.09. The van der Waals surface area contributed by atoms with Crippen LogP contribution >= 0.6 is 0 Å². The molecule has 0 bridgehead atoms. The Kier molecular flexibility index (Phi) is 6.45. The molecule has 3 nitrogen and oxygen atoms in total. The number of rotatable bonds is 6. The first-order valence-electron chi connectivity index (χ1n) is 7.09. The van der Waals surface area contributed by atoms with Gasteiger partial charge in [0.15, 0.2) is 0 Å². The number of nitrogens with zero attached hydrogens (tertiary/aromatic N) is 1. The van der Waals surface area contributed by atoms with Gasteiger partial charge in [-0.25, -0.2) is 0 Å². The van der Waals surface area contributed by atoms with Crippen molar-refractivity contribution in [2.24, 2.45) is 17.6 Å². The monoisotopic (exact) mass is 242 g/mol. The molecular formula is C14H30N2O. The Balaban J connectivity index is 2.14. The Morgan fingerprint density at radius 2 is 2.00 bits per heavy atom. The molecule has 1 saturated heterocycles. The first-order chi connectivity index (χ1) is 8.02. The van der Waals surface area contributed by atoms with Gasteiger partial charge in [-0.1, -0.05) is 20.8 Å². The zero-order valence-corrected chi connectivity index (χ0v) is 12.0. The first kappa shape index (κ1) is 14.9. The number of piperidine rings is 1. The fraction of sp³-hybridized carbons (Fsp3) is 1.00. The number of ether oxygens (including phenoxy) is 1. The summed E-state index contributed by atoms with van der Waals surface area (Å²) in [5.74, 6) is 1.33. The van der Waals surface area contributed by atoms with Crippen molar-refractivity contribution in [1.82, 2.24) is 4.90 Å². The lowest BCUT2D eigenvalue weighted by Gasteiger charge is -2.41. The van der Waals surface area contributed by atoms with Gasteiger partial charge in [0.05, 0.1) is 6.61 Å². The molecule has 1 aliphatic rings. The molecule has 0 aromatic rings. The summed E-state index contributed by atoms with van der Waals surface area (Å²) in [5.41, 5.74) is 6.08. The van der Waals surface area contributed by atoms with Crippen LogP contribution in [-0.2, 0) is 4.74 Å². The Morgan fingerprint density at radius 1 is 1.29 bits per heavy atom. The van der Waals surface area contributed by atoms with E-state index in [-0.39, 0.29) is 0 Å². The second kappa shape index (κ2) is 7.34. The van der Waals surface area contributed by atoms with E-state index in [1.54, 1.807) is 0 Å². The summed E-state index contributed by atoms with van der Waals surface area (Å²) in [6, 6.07) is 0.968. The van der Waals surface area contributed by atoms with Crippen LogP contribution in [0.3, 0.4) is 0 Å². The van der Waals surface area contributed by atoms with Gasteiger partial charge < -0.3 is 10.5 Å². The molecule has 0 radical (unpaired) electrons. The van der Waals surface area contributed by atoms with Gasteiger partial charge in [0.2, 0.25) is 0 Å². The topological polar surface area (TPSA) is 38.5 Å². The second-order valence-corrected chi connectivity index (χ2v) is 5.88. The minimum atomic E-state index is 0.378. The summed E-state index contributed by atoms with van der Waals surface area (Å²) in [6.07, 6.45) is 2.29. The predicted octanol–water partition coefficient (Wildman–Crippen LogP) is 2.11. The third-order valence-electron chi connectivity index (χ3n) is 4.12. The molecule has 1 aliphatic heterocycles. The van der Waals surface area contributed by atoms with E-state index >= 15 is 0 Å². The van der Waals surface area contributed by atoms with E-state index < -0.39 is 0 Å². The standard InChI is InChI=1S/C14H30N2O/c1-11(2)6-9-17-10-8-16-7-5-14(15)12(3)13(16)4/h11-14H,5-10,15H2,1-4H3. The van der Waals surface area contributed by atoms with Gasteiger partial charge in [-0.3, -0.25) is 4.90 Å². The van der Waals surface area contributed by atoms with Gasteiger partial charge in [-0.15, -0.1) is 0 Å². The molecule has 0 spiro atoms. The second-order valence-electron chi connectivity index (χ2n) is 5.88. The van der Waals surface area contributed by atoms with Crippen LogP contribution in [0.15, 0.2) is 0 Å². The maximum atomic E-state index is 6.08. The third-order valence-corrected chi connectivity index (χ3v) is 4.12. The lowest BCUT2D eigenvalue weighted by molar-refractivity contribution is 0.0480. The zero-order chi connectivity index (χ0) is 12.8. The average molecular weight is 242 g/mol. The minimum Gasteiger partial charge on any atom is -0.380 e. The van der Waals surface area contributed by atoms with Gasteiger partial charge in [-0.05, 0) is 31.6 Å². The highest BCUT2D eigenvalue weighted by atomic mass is 16.5. The molecule has 2 N–H and O–H groups in total. The van der Waals surface area contributed by atoms with Gasteiger partial charge in [0.1, 0.15) is 0 Å². The number of hydrogen-bond acceptors (Lipinski definition) is 3. The summed E-state index contributed by atoms with van der Waals surface area (Å²) in [7, 11) is 0. The van der Waals surface area contributed by atoms with E-state index in [1.807, 2.05) is 0 Å². The summed E-state index contributed by atoms with van der Waals surface area (Å²) >= 11 is 0. The zero-order valence-electron chi connectivity index (χ0n) is 12.0. The summed E-state index contributed by atoms with van der Waals surface area (Å²) in [4.78, 5) is 2.52. The highest BCUT2D eigenvalue weighted by Gasteiger charge is 2.29. The Hall–Kier alpha value is -0.120. The van der Waals surface area contributed by atoms with Crippen LogP contribution in [0.5, 0.6) is 0 Å². The van der Waals surface area contributed by atoms with Gasteiger partial charge in [0, 0.05) is 31.8 Å². The van der Waals surface area contributed by atoms with Gasteiger partial charge in [-0.2, -0.15) is 0 Å². The largest absolute Gasteiger partial charge is 0.380 e. The summed E-state index contributed by atoms with van der Waals surface area (Å²) in [5, 5.41) is 0. The van der Waals surface area contributed by atoms with Crippen molar-refractivity contribution < 1.29 is 4.74 Å². The van der Waals surface area contributed by atoms with Crippen LogP contribution in [-0.4, -0.2) is 43.3 Å². The molecule has 0 aliphatic carbocycles. The number of likely N-dealkylation sites (tertiary alicyclic amines) is 1. The molecule has 17 heavy (non-hydrogen) atoms. The maximum absolute atomic E-state index is 6.08. The minimum absolute atomic E-state index is 0.378. The van der Waals surface area contributed by atoms with E-state index in [9.17, 15) is 0 Å². The summed E-state index contributed by atoms with van der Waals surface area (Å²) in [6.45, 7) is 13.0. The highest BCUT2D eigenvalue weighted by molar-refractivity contribution is 4.86. The average Bonchev–Trinajstić information content (AvgIpc) is 2.28. The van der Waals surface area contributed by atoms with Crippen molar-refractivity contribution in [3.8, 4) is 0 Å². The van der Waals surface area contributed by atoms with Gasteiger partial charge in [0.25, 0.3) is 0 Å². The molecule has 3 unspecified atom stereocenters. The molecule has 0 amide bonds. The van der Waals surface area contributed by atoms with E-state index in [1.165, 1.54) is 0 Å². The van der Waals surface area contributed by atoms with Crippen molar-refractivity contribution >= 4 is 0 Å². The van der Waals surface area contributed by atoms with Crippen LogP contribution in [0.25, 0.3) is 0 Å². The third kappa shape index (κ3) is 4.94. The smallest absolute Gasteiger partial charge is 0.0593 e. The van der Waals surface area contributed by atoms with E-state index in [4.69, 9.17) is 10.5 Å². The van der Waals surface area contributed by atoms with Crippen LogP contribution < -0.4 is 5.73 Å². The van der Waals surface area contributed by atoms with Crippen LogP contribution in [0.2, 0.25) is 0 Å². The Bertz CT molecular complexity index is 208. The number of nitrogens with two attached hydrogens (primary N) is 1. The molecule has 1 rings (SSSR count). The SMILES string of the molecule is CC(C)CCOCCN1CCC(N)C(C)C1C. The molecular weight excluding hydrogens is 212 g/mol. The normalized spacial score (nSPS) is 31.1. The molecule has 0 saturated carbocycles. The van der Waals surface area contributed by atoms with Crippen molar-refractivity contribution in [2.45, 2.75) is 52.6 Å². The lowest BCUT2D eigenvalue weighted by Crippen LogP contribution is -2.52. The van der Waals surface area contributed by atoms with E-state index in [0.717, 1.165) is 45.1 Å². The van der Waals surface area contributed by atoms with Crippen LogP contribution in [0.4, 0.5) is 0 Å². The molecule has 102 valence electrons. The molecule has 0 aromatic carbocycles. The summed E-state index contributed by atoms with van der Waals surface area (Å²) < 4.78 is 5.68. The van der Waals surface area contributed by atoms with Crippen molar-refractivity contribution in [1.29, 1.82) is 0 Å². The fourth-order valence-corrected chi connectivity index (χ4v) is 2.39. The van der Waals surface area contributed by atoms with Crippen LogP contribution in [0.1, 0.15) is 40.5 Å². The Labute approximate surface area is 107 Å². The molecule has 3 atom stereocenters. The van der Waals surface area contributed by atoms with Crippen molar-refractivity contribution in [2.75, 3.05) is 26.3 Å². The highest BCUT2D eigenvalue weighted by Crippen LogP contribution is 2.21. The lowest BCUT2D eigenvalue weighted by atomic mass is 9.88. The number of hydrogen-bond donors (Lipinski definition) is 1. The van der Waals surface area contributed by atoms with E-state index in [2.05, 4.69) is 32.6 Å². The Morgan fingerprint density at radius 3 is 2.65 bits per heavy atom. The molecule has 0 aromatic heterocycles. The maximum Gasteiger partial charge on any atom is 0.0593 e. The van der Waals surface area contributed by atoms with Crippen LogP contribution in [0, 0.1) is 11.8 Å². The molecule has 1 fully saturated rings. The molecule has 1 heterocycles. The molecule has 3 heteroatoms. The van der Waals surface area contributed by atoms with E-state index in [0.29, 0.717) is 18.0 Å². The quantitative estimate of drug-likeness (QED) is 0.725. The van der Waals surface area contributed by atoms with Crippen molar-refractivity contribution in [3.05, 3.63) is 0 Å².